The normalized spacial score (nSPS) is 22.6. The molecule has 148 valence electrons. The zero-order valence-electron chi connectivity index (χ0n) is 16.6. The molecule has 2 amide bonds. The predicted octanol–water partition coefficient (Wildman–Crippen LogP) is 0.691. The first-order chi connectivity index (χ1) is 12.9. The lowest BCUT2D eigenvalue weighted by Gasteiger charge is -2.34. The number of hydrogen-bond donors (Lipinski definition) is 2. The lowest BCUT2D eigenvalue weighted by atomic mass is 10.2. The molecule has 27 heavy (non-hydrogen) atoms. The Morgan fingerprint density at radius 3 is 2.30 bits per heavy atom. The standard InChI is InChI=1S/C20H31N5O2/c1-23(2)9-8-21-19(26)17-14-18(17)20(27)22-15-4-6-16(7-5-15)25-12-10-24(3)11-13-25/h4-7,17-18H,8-14H2,1-3H3,(H,21,26)(H,22,27). The van der Waals surface area contributed by atoms with Crippen molar-refractivity contribution in [3.05, 3.63) is 24.3 Å². The van der Waals surface area contributed by atoms with Crippen molar-refractivity contribution in [1.29, 1.82) is 0 Å². The lowest BCUT2D eigenvalue weighted by Crippen LogP contribution is -2.44. The second-order valence-electron chi connectivity index (χ2n) is 7.87. The van der Waals surface area contributed by atoms with Gasteiger partial charge in [-0.25, -0.2) is 0 Å². The highest BCUT2D eigenvalue weighted by Gasteiger charge is 2.47. The maximum absolute atomic E-state index is 12.4. The SMILES string of the molecule is CN(C)CCNC(=O)C1CC1C(=O)Nc1ccc(N2CCN(C)CC2)cc1. The van der Waals surface area contributed by atoms with Gasteiger partial charge in [0.25, 0.3) is 0 Å². The summed E-state index contributed by atoms with van der Waals surface area (Å²) in [6.45, 7) is 5.60. The van der Waals surface area contributed by atoms with Gasteiger partial charge in [0.15, 0.2) is 0 Å². The molecule has 1 heterocycles. The second-order valence-corrected chi connectivity index (χ2v) is 7.87. The van der Waals surface area contributed by atoms with Gasteiger partial charge in [-0.15, -0.1) is 0 Å². The number of nitrogens with zero attached hydrogens (tertiary/aromatic N) is 3. The van der Waals surface area contributed by atoms with Crippen molar-refractivity contribution in [2.45, 2.75) is 6.42 Å². The number of piperazine rings is 1. The van der Waals surface area contributed by atoms with Crippen molar-refractivity contribution < 1.29 is 9.59 Å². The minimum Gasteiger partial charge on any atom is -0.369 e. The van der Waals surface area contributed by atoms with Gasteiger partial charge >= 0.3 is 0 Å². The number of hydrogen-bond acceptors (Lipinski definition) is 5. The zero-order valence-corrected chi connectivity index (χ0v) is 16.6. The Morgan fingerprint density at radius 1 is 1.04 bits per heavy atom. The van der Waals surface area contributed by atoms with E-state index in [2.05, 4.69) is 39.6 Å². The number of rotatable bonds is 7. The van der Waals surface area contributed by atoms with Crippen molar-refractivity contribution in [3.8, 4) is 0 Å². The highest BCUT2D eigenvalue weighted by atomic mass is 16.2. The van der Waals surface area contributed by atoms with Crippen molar-refractivity contribution in [2.24, 2.45) is 11.8 Å². The van der Waals surface area contributed by atoms with Crippen molar-refractivity contribution in [2.75, 3.05) is 70.6 Å². The first-order valence-corrected chi connectivity index (χ1v) is 9.71. The molecule has 0 aromatic heterocycles. The van der Waals surface area contributed by atoms with E-state index in [1.54, 1.807) is 0 Å². The molecule has 0 bridgehead atoms. The van der Waals surface area contributed by atoms with Crippen LogP contribution >= 0.6 is 0 Å². The molecule has 0 radical (unpaired) electrons. The molecule has 2 unspecified atom stereocenters. The molecule has 1 aromatic rings. The molecule has 2 fully saturated rings. The van der Waals surface area contributed by atoms with E-state index in [9.17, 15) is 9.59 Å². The number of carbonyl (C=O) groups excluding carboxylic acids is 2. The number of benzene rings is 1. The number of anilines is 2. The highest BCUT2D eigenvalue weighted by molar-refractivity contribution is 5.99. The van der Waals surface area contributed by atoms with Crippen LogP contribution in [0.3, 0.4) is 0 Å². The minimum absolute atomic E-state index is 0.0117. The van der Waals surface area contributed by atoms with Crippen LogP contribution in [0.2, 0.25) is 0 Å². The average molecular weight is 374 g/mol. The quantitative estimate of drug-likeness (QED) is 0.736. The van der Waals surface area contributed by atoms with Gasteiger partial charge in [-0.2, -0.15) is 0 Å². The van der Waals surface area contributed by atoms with Gasteiger partial charge in [-0.05, 0) is 51.8 Å². The number of likely N-dealkylation sites (N-methyl/N-ethyl adjacent to an activating group) is 2. The van der Waals surface area contributed by atoms with Crippen LogP contribution in [0.15, 0.2) is 24.3 Å². The second kappa shape index (κ2) is 8.71. The molecule has 2 aliphatic rings. The molecule has 1 aromatic carbocycles. The number of carbonyl (C=O) groups is 2. The third kappa shape index (κ3) is 5.43. The van der Waals surface area contributed by atoms with Crippen LogP contribution in [0.25, 0.3) is 0 Å². The Kier molecular flexibility index (Phi) is 6.34. The molecular weight excluding hydrogens is 342 g/mol. The summed E-state index contributed by atoms with van der Waals surface area (Å²) in [5.41, 5.74) is 1.97. The van der Waals surface area contributed by atoms with Crippen LogP contribution in [-0.4, -0.2) is 82.0 Å². The fraction of sp³-hybridized carbons (Fsp3) is 0.600. The van der Waals surface area contributed by atoms with E-state index in [4.69, 9.17) is 0 Å². The van der Waals surface area contributed by atoms with Crippen molar-refractivity contribution >= 4 is 23.2 Å². The predicted molar refractivity (Wildman–Crippen MR) is 108 cm³/mol. The van der Waals surface area contributed by atoms with E-state index in [1.165, 1.54) is 5.69 Å². The zero-order chi connectivity index (χ0) is 19.4. The van der Waals surface area contributed by atoms with E-state index in [0.29, 0.717) is 13.0 Å². The van der Waals surface area contributed by atoms with Crippen LogP contribution in [-0.2, 0) is 9.59 Å². The first kappa shape index (κ1) is 19.6. The fourth-order valence-corrected chi connectivity index (χ4v) is 3.36. The smallest absolute Gasteiger partial charge is 0.228 e. The third-order valence-electron chi connectivity index (χ3n) is 5.33. The van der Waals surface area contributed by atoms with Gasteiger partial charge in [0.05, 0.1) is 11.8 Å². The van der Waals surface area contributed by atoms with Gasteiger partial charge in [0.1, 0.15) is 0 Å². The molecule has 7 nitrogen and oxygen atoms in total. The maximum Gasteiger partial charge on any atom is 0.228 e. The largest absolute Gasteiger partial charge is 0.369 e. The van der Waals surface area contributed by atoms with Gasteiger partial charge in [-0.3, -0.25) is 9.59 Å². The number of nitrogens with one attached hydrogen (secondary N) is 2. The molecule has 1 saturated heterocycles. The topological polar surface area (TPSA) is 67.9 Å². The molecule has 2 atom stereocenters. The van der Waals surface area contributed by atoms with Gasteiger partial charge < -0.3 is 25.3 Å². The summed E-state index contributed by atoms with van der Waals surface area (Å²) in [7, 11) is 6.08. The summed E-state index contributed by atoms with van der Waals surface area (Å²) in [6.07, 6.45) is 0.638. The summed E-state index contributed by atoms with van der Waals surface area (Å²) < 4.78 is 0. The Balaban J connectivity index is 1.44. The van der Waals surface area contributed by atoms with Crippen LogP contribution in [0.5, 0.6) is 0 Å². The molecule has 7 heteroatoms. The van der Waals surface area contributed by atoms with E-state index in [0.717, 1.165) is 38.4 Å². The number of amides is 2. The summed E-state index contributed by atoms with van der Waals surface area (Å²) in [4.78, 5) is 31.2. The fourth-order valence-electron chi connectivity index (χ4n) is 3.36. The van der Waals surface area contributed by atoms with Crippen LogP contribution in [0, 0.1) is 11.8 Å². The van der Waals surface area contributed by atoms with E-state index < -0.39 is 0 Å². The van der Waals surface area contributed by atoms with Crippen LogP contribution in [0.1, 0.15) is 6.42 Å². The van der Waals surface area contributed by atoms with Crippen LogP contribution in [0.4, 0.5) is 11.4 Å². The molecule has 2 N–H and O–H groups in total. The lowest BCUT2D eigenvalue weighted by molar-refractivity contribution is -0.125. The Morgan fingerprint density at radius 2 is 1.67 bits per heavy atom. The molecule has 3 rings (SSSR count). The Hall–Kier alpha value is -2.12. The summed E-state index contributed by atoms with van der Waals surface area (Å²) >= 11 is 0. The van der Waals surface area contributed by atoms with E-state index in [-0.39, 0.29) is 23.7 Å². The molecule has 1 aliphatic heterocycles. The summed E-state index contributed by atoms with van der Waals surface area (Å²) in [6, 6.07) is 8.00. The van der Waals surface area contributed by atoms with Crippen molar-refractivity contribution in [1.82, 2.24) is 15.1 Å². The maximum atomic E-state index is 12.4. The van der Waals surface area contributed by atoms with Gasteiger partial charge in [0.2, 0.25) is 11.8 Å². The third-order valence-corrected chi connectivity index (χ3v) is 5.33. The van der Waals surface area contributed by atoms with E-state index >= 15 is 0 Å². The Labute approximate surface area is 161 Å². The molecule has 1 aliphatic carbocycles. The summed E-state index contributed by atoms with van der Waals surface area (Å²) in [5.74, 6) is -0.462. The van der Waals surface area contributed by atoms with Crippen molar-refractivity contribution in [3.63, 3.8) is 0 Å². The molecular formula is C20H31N5O2. The highest BCUT2D eigenvalue weighted by Crippen LogP contribution is 2.39. The molecule has 0 spiro atoms. The van der Waals surface area contributed by atoms with Gasteiger partial charge in [0, 0.05) is 50.6 Å². The van der Waals surface area contributed by atoms with Gasteiger partial charge in [-0.1, -0.05) is 0 Å². The van der Waals surface area contributed by atoms with E-state index in [1.807, 2.05) is 31.1 Å². The first-order valence-electron chi connectivity index (χ1n) is 9.71. The molecule has 1 saturated carbocycles. The van der Waals surface area contributed by atoms with Crippen LogP contribution < -0.4 is 15.5 Å². The Bertz CT molecular complexity index is 653. The average Bonchev–Trinajstić information content (AvgIpc) is 3.44. The monoisotopic (exact) mass is 373 g/mol. The summed E-state index contributed by atoms with van der Waals surface area (Å²) in [5, 5.41) is 5.85. The minimum atomic E-state index is -0.207.